The molecule has 0 aromatic carbocycles. The lowest BCUT2D eigenvalue weighted by atomic mass is 9.65. The van der Waals surface area contributed by atoms with E-state index >= 15 is 0 Å². The van der Waals surface area contributed by atoms with Crippen molar-refractivity contribution in [1.82, 2.24) is 0 Å². The minimum absolute atomic E-state index is 0.177. The first-order valence-corrected chi connectivity index (χ1v) is 10.0. The zero-order valence-electron chi connectivity index (χ0n) is 33.3. The molecule has 168 valence electrons. The number of rotatable bonds is 7. The Balaban J connectivity index is 2.21. The first kappa shape index (κ1) is 9.89. The van der Waals surface area contributed by atoms with Gasteiger partial charge >= 0.3 is 11.9 Å². The number of hydrogen-bond donors (Lipinski definition) is 1. The molecule has 1 aliphatic heterocycles. The van der Waals surface area contributed by atoms with Crippen LogP contribution in [0.25, 0.3) is 0 Å². The van der Waals surface area contributed by atoms with Gasteiger partial charge < -0.3 is 14.6 Å². The molecule has 1 saturated heterocycles. The van der Waals surface area contributed by atoms with Crippen LogP contribution in [-0.4, -0.2) is 36.8 Å². The molecule has 0 aromatic rings. The van der Waals surface area contributed by atoms with Crippen LogP contribution in [0, 0.1) is 29.0 Å². The molecule has 1 heterocycles. The summed E-state index contributed by atoms with van der Waals surface area (Å²) < 4.78 is 143. The van der Waals surface area contributed by atoms with Gasteiger partial charge in [-0.15, -0.1) is 0 Å². The number of ether oxygens (including phenoxy) is 2. The molecule has 7 atom stereocenters. The Morgan fingerprint density at radius 2 is 2.30 bits per heavy atom. The van der Waals surface area contributed by atoms with Crippen LogP contribution >= 0.6 is 0 Å². The Bertz CT molecular complexity index is 1280. The Labute approximate surface area is 203 Å². The van der Waals surface area contributed by atoms with Gasteiger partial charge in [-0.05, 0) is 62.6 Å². The highest BCUT2D eigenvalue weighted by atomic mass is 16.6. The lowest BCUT2D eigenvalue weighted by Gasteiger charge is -2.44. The molecule has 1 fully saturated rings. The lowest BCUT2D eigenvalue weighted by molar-refractivity contribution is -0.166. The third-order valence-electron chi connectivity index (χ3n) is 5.67. The fourth-order valence-corrected chi connectivity index (χ4v) is 3.89. The highest BCUT2D eigenvalue weighted by Gasteiger charge is 2.43. The zero-order valence-corrected chi connectivity index (χ0v) is 17.3. The van der Waals surface area contributed by atoms with Crippen molar-refractivity contribution in [3.8, 4) is 0 Å². The Morgan fingerprint density at radius 1 is 1.50 bits per heavy atom. The summed E-state index contributed by atoms with van der Waals surface area (Å²) >= 11 is 0. The Hall–Kier alpha value is -1.62. The van der Waals surface area contributed by atoms with Crippen molar-refractivity contribution in [1.29, 1.82) is 1.43 Å². The maximum absolute atomic E-state index is 13.8. The van der Waals surface area contributed by atoms with Crippen LogP contribution < -0.4 is 0 Å². The van der Waals surface area contributed by atoms with E-state index in [2.05, 4.69) is 5.11 Å². The quantitative estimate of drug-likeness (QED) is 0.594. The second-order valence-electron chi connectivity index (χ2n) is 7.93. The molecule has 0 spiro atoms. The van der Waals surface area contributed by atoms with Crippen LogP contribution in [0.2, 0.25) is 0 Å². The molecule has 0 radical (unpaired) electrons. The standard InChI is InChI=1S/C25H38O5/c1-6-25(4,5)24(28)30-21-12-15(2)11-17-8-7-16(3)20(23(17)21)10-9-19-13-18(26)14-22(27)29-19/h7-8,11,15-16,18-21,23,26H,6,9-10,12-14H2,1-5H3/t15-,16-,18+,19?,20-,21?,23-/m0/s1/i4D3,5D3,7D,8D,11D,12D2,14D2,15D,16D,26D. The van der Waals surface area contributed by atoms with Crippen LogP contribution in [-0.2, 0) is 19.1 Å². The first-order chi connectivity index (χ1) is 20.6. The van der Waals surface area contributed by atoms with E-state index in [0.717, 1.165) is 13.8 Å². The van der Waals surface area contributed by atoms with E-state index in [1.54, 1.807) is 0 Å². The predicted octanol–water partition coefficient (Wildman–Crippen LogP) is 4.59. The maximum atomic E-state index is 13.8. The molecule has 1 N–H and O–H groups in total. The van der Waals surface area contributed by atoms with E-state index in [1.807, 2.05) is 0 Å². The maximum Gasteiger partial charge on any atom is 0.311 e. The number of aliphatic hydroxyl groups excluding tert-OH is 1. The number of esters is 2. The minimum Gasteiger partial charge on any atom is -0.462 e. The first-order valence-electron chi connectivity index (χ1n) is 17.9. The summed E-state index contributed by atoms with van der Waals surface area (Å²) in [6.07, 6.45) is -11.9. The summed E-state index contributed by atoms with van der Waals surface area (Å²) in [5.74, 6) is -10.7. The van der Waals surface area contributed by atoms with Gasteiger partial charge in [0.2, 0.25) is 1.43 Å². The second-order valence-corrected chi connectivity index (χ2v) is 7.93. The van der Waals surface area contributed by atoms with Gasteiger partial charge in [0.25, 0.3) is 0 Å². The van der Waals surface area contributed by atoms with Crippen molar-refractivity contribution in [2.45, 2.75) is 91.2 Å². The number of carbonyl (C=O) groups is 2. The molecule has 2 unspecified atom stereocenters. The van der Waals surface area contributed by atoms with Crippen LogP contribution in [0.5, 0.6) is 0 Å². The minimum atomic E-state index is -3.47. The Morgan fingerprint density at radius 3 is 3.00 bits per heavy atom. The number of allylic oxidation sites excluding steroid dienone is 3. The highest BCUT2D eigenvalue weighted by molar-refractivity contribution is 5.76. The number of carbonyl (C=O) groups excluding carboxylic acids is 2. The van der Waals surface area contributed by atoms with Crippen LogP contribution in [0.1, 0.15) is 93.5 Å². The van der Waals surface area contributed by atoms with Gasteiger partial charge in [-0.1, -0.05) is 38.9 Å². The molecule has 2 aliphatic carbocycles. The summed E-state index contributed by atoms with van der Waals surface area (Å²) in [7, 11) is 0. The molecule has 0 bridgehead atoms. The van der Waals surface area contributed by atoms with Crippen molar-refractivity contribution >= 4 is 11.9 Å². The van der Waals surface area contributed by atoms with E-state index in [4.69, 9.17) is 31.5 Å². The normalized spacial score (nSPS) is 54.4. The van der Waals surface area contributed by atoms with Crippen LogP contribution in [0.4, 0.5) is 0 Å². The summed E-state index contributed by atoms with van der Waals surface area (Å²) in [5.41, 5.74) is -3.53. The summed E-state index contributed by atoms with van der Waals surface area (Å²) in [6, 6.07) is -2.07. The molecule has 3 rings (SSSR count). The SMILES string of the molecule is [2H]O[C@@H]1CC(CC[C@@H]2[C@@H]3C(=C([2H])[C@]([2H])(C)C([2H])([2H])C3OC(=O)C(CC)(C([2H])([2H])[2H])C([2H])([2H])[2H])C([2H])=C([2H])[C@]2([2H])C)OC(=O)C1([2H])[2H]. The predicted molar refractivity (Wildman–Crippen MR) is 115 cm³/mol. The molecular formula is C25H38O5. The third-order valence-corrected chi connectivity index (χ3v) is 5.67. The fourth-order valence-electron chi connectivity index (χ4n) is 3.89. The molecule has 5 nitrogen and oxygen atoms in total. The second kappa shape index (κ2) is 9.25. The van der Waals surface area contributed by atoms with Crippen LogP contribution in [0.3, 0.4) is 0 Å². The van der Waals surface area contributed by atoms with Crippen molar-refractivity contribution in [3.05, 3.63) is 23.7 Å². The lowest BCUT2D eigenvalue weighted by Crippen LogP contribution is -2.43. The van der Waals surface area contributed by atoms with Gasteiger partial charge in [-0.3, -0.25) is 9.59 Å². The average Bonchev–Trinajstić information content (AvgIpc) is 2.89. The van der Waals surface area contributed by atoms with Crippen molar-refractivity contribution < 1.29 is 44.7 Å². The molecular weight excluding hydrogens is 380 g/mol. The molecule has 0 saturated carbocycles. The topological polar surface area (TPSA) is 72.8 Å². The van der Waals surface area contributed by atoms with Gasteiger partial charge in [-0.25, -0.2) is 0 Å². The number of cyclic esters (lactones) is 1. The van der Waals surface area contributed by atoms with Crippen molar-refractivity contribution in [3.63, 3.8) is 0 Å². The summed E-state index contributed by atoms with van der Waals surface area (Å²) in [4.78, 5) is 26.1. The van der Waals surface area contributed by atoms with Gasteiger partial charge in [0.05, 0.1) is 22.0 Å². The Kier molecular flexibility index (Phi) is 3.05. The monoisotopic (exact) mass is 434 g/mol. The number of fused-ring (bicyclic) bond motifs is 1. The largest absolute Gasteiger partial charge is 0.462 e. The van der Waals surface area contributed by atoms with Gasteiger partial charge in [0, 0.05) is 28.8 Å². The molecule has 30 heavy (non-hydrogen) atoms. The van der Waals surface area contributed by atoms with Crippen molar-refractivity contribution in [2.75, 3.05) is 0 Å². The molecule has 5 heteroatoms. The molecule has 0 amide bonds. The number of hydrogen-bond acceptors (Lipinski definition) is 5. The van der Waals surface area contributed by atoms with Crippen molar-refractivity contribution in [2.24, 2.45) is 29.0 Å². The van der Waals surface area contributed by atoms with Gasteiger partial charge in [-0.2, -0.15) is 0 Å². The summed E-state index contributed by atoms with van der Waals surface area (Å²) in [6.45, 7) is -3.60. The highest BCUT2D eigenvalue weighted by Crippen LogP contribution is 2.45. The molecule has 3 aliphatic rings. The summed E-state index contributed by atoms with van der Waals surface area (Å²) in [5, 5.41) is 4.40. The third kappa shape index (κ3) is 5.16. The van der Waals surface area contributed by atoms with Gasteiger partial charge in [0.15, 0.2) is 0 Å². The molecule has 0 aromatic heterocycles. The van der Waals surface area contributed by atoms with E-state index in [0.29, 0.717) is 0 Å². The smallest absolute Gasteiger partial charge is 0.311 e. The van der Waals surface area contributed by atoms with E-state index < -0.39 is 116 Å². The van der Waals surface area contributed by atoms with Crippen LogP contribution in [0.15, 0.2) is 23.7 Å². The van der Waals surface area contributed by atoms with E-state index in [-0.39, 0.29) is 19.3 Å². The van der Waals surface area contributed by atoms with Gasteiger partial charge in [0.1, 0.15) is 12.2 Å². The van der Waals surface area contributed by atoms with E-state index in [9.17, 15) is 9.59 Å². The fraction of sp³-hybridized carbons (Fsp3) is 0.760. The number of aliphatic hydroxyl groups is 1. The van der Waals surface area contributed by atoms with E-state index in [1.165, 1.54) is 6.92 Å². The zero-order chi connectivity index (χ0) is 35.8. The average molecular weight is 435 g/mol.